The number of nitrogen functional groups attached to an aromatic ring is 1. The minimum Gasteiger partial charge on any atom is -0.399 e. The molecule has 0 saturated carbocycles. The molecule has 0 radical (unpaired) electrons. The van der Waals surface area contributed by atoms with Gasteiger partial charge in [0.1, 0.15) is 0 Å². The summed E-state index contributed by atoms with van der Waals surface area (Å²) in [6.45, 7) is 10.2. The third kappa shape index (κ3) is 4.51. The van der Waals surface area contributed by atoms with Crippen molar-refractivity contribution in [3.63, 3.8) is 0 Å². The maximum absolute atomic E-state index is 12.3. The van der Waals surface area contributed by atoms with Crippen LogP contribution in [0.25, 0.3) is 0 Å². The normalized spacial score (nSPS) is 12.7. The summed E-state index contributed by atoms with van der Waals surface area (Å²) in [5.74, 6) is 0. The predicted octanol–water partition coefficient (Wildman–Crippen LogP) is 2.60. The van der Waals surface area contributed by atoms with Crippen LogP contribution in [0.5, 0.6) is 0 Å². The first kappa shape index (κ1) is 16.0. The Kier molecular flexibility index (Phi) is 4.63. The molecule has 0 aromatic heterocycles. The van der Waals surface area contributed by atoms with Gasteiger partial charge >= 0.3 is 0 Å². The van der Waals surface area contributed by atoms with E-state index in [0.717, 1.165) is 6.42 Å². The van der Waals surface area contributed by atoms with Gasteiger partial charge in [-0.3, -0.25) is 0 Å². The highest BCUT2D eigenvalue weighted by molar-refractivity contribution is 7.89. The van der Waals surface area contributed by atoms with Crippen LogP contribution in [0.2, 0.25) is 0 Å². The van der Waals surface area contributed by atoms with Crippen LogP contribution in [0.4, 0.5) is 5.69 Å². The zero-order valence-corrected chi connectivity index (χ0v) is 13.2. The Hall–Kier alpha value is -1.07. The van der Waals surface area contributed by atoms with Crippen molar-refractivity contribution in [1.29, 1.82) is 0 Å². The molecule has 5 heteroatoms. The van der Waals surface area contributed by atoms with Crippen LogP contribution in [-0.4, -0.2) is 15.0 Å². The van der Waals surface area contributed by atoms with E-state index in [4.69, 9.17) is 5.73 Å². The number of anilines is 1. The molecule has 4 nitrogen and oxygen atoms in total. The molecule has 1 aromatic carbocycles. The van der Waals surface area contributed by atoms with Gasteiger partial charge in [-0.2, -0.15) is 0 Å². The lowest BCUT2D eigenvalue weighted by atomic mass is 9.93. The van der Waals surface area contributed by atoms with E-state index in [0.29, 0.717) is 28.3 Å². The molecule has 0 bridgehead atoms. The van der Waals surface area contributed by atoms with Crippen molar-refractivity contribution in [2.24, 2.45) is 5.41 Å². The number of hydrogen-bond acceptors (Lipinski definition) is 3. The zero-order chi connectivity index (χ0) is 14.8. The van der Waals surface area contributed by atoms with Gasteiger partial charge in [-0.05, 0) is 48.9 Å². The van der Waals surface area contributed by atoms with Crippen LogP contribution in [0, 0.1) is 19.3 Å². The average Bonchev–Trinajstić information content (AvgIpc) is 2.11. The molecule has 1 aromatic rings. The summed E-state index contributed by atoms with van der Waals surface area (Å²) in [6, 6.07) is 3.37. The van der Waals surface area contributed by atoms with Gasteiger partial charge in [-0.15, -0.1) is 0 Å². The van der Waals surface area contributed by atoms with Gasteiger partial charge in [0.05, 0.1) is 4.90 Å². The van der Waals surface area contributed by atoms with Crippen molar-refractivity contribution in [1.82, 2.24) is 4.72 Å². The average molecular weight is 284 g/mol. The van der Waals surface area contributed by atoms with Gasteiger partial charge in [0.25, 0.3) is 0 Å². The fourth-order valence-corrected chi connectivity index (χ4v) is 3.52. The van der Waals surface area contributed by atoms with Gasteiger partial charge in [0.2, 0.25) is 10.0 Å². The number of benzene rings is 1. The molecule has 3 N–H and O–H groups in total. The highest BCUT2D eigenvalue weighted by Gasteiger charge is 2.20. The number of sulfonamides is 1. The minimum atomic E-state index is -3.47. The Morgan fingerprint density at radius 3 is 2.05 bits per heavy atom. The topological polar surface area (TPSA) is 72.2 Å². The minimum absolute atomic E-state index is 0.105. The van der Waals surface area contributed by atoms with E-state index >= 15 is 0 Å². The Morgan fingerprint density at radius 2 is 1.63 bits per heavy atom. The molecule has 0 unspecified atom stereocenters. The maximum Gasteiger partial charge on any atom is 0.241 e. The standard InChI is InChI=1S/C14H24N2O2S/c1-10-8-12(15)9-11(2)13(10)19(17,18)16-7-6-14(3,4)5/h8-9,16H,6-7,15H2,1-5H3. The van der Waals surface area contributed by atoms with Crippen LogP contribution in [-0.2, 0) is 10.0 Å². The maximum atomic E-state index is 12.3. The summed E-state index contributed by atoms with van der Waals surface area (Å²) in [4.78, 5) is 0.343. The second kappa shape index (κ2) is 5.51. The third-order valence-electron chi connectivity index (χ3n) is 2.92. The summed E-state index contributed by atoms with van der Waals surface area (Å²) in [7, 11) is -3.47. The Balaban J connectivity index is 2.96. The highest BCUT2D eigenvalue weighted by atomic mass is 32.2. The second-order valence-electron chi connectivity index (χ2n) is 6.19. The number of aryl methyl sites for hydroxylation is 2. The van der Waals surface area contributed by atoms with E-state index in [2.05, 4.69) is 25.5 Å². The molecule has 0 aliphatic carbocycles. The summed E-state index contributed by atoms with van der Waals surface area (Å²) in [5.41, 5.74) is 7.77. The van der Waals surface area contributed by atoms with E-state index in [1.165, 1.54) is 0 Å². The summed E-state index contributed by atoms with van der Waals surface area (Å²) in [6.07, 6.45) is 0.791. The van der Waals surface area contributed by atoms with E-state index in [-0.39, 0.29) is 5.41 Å². The van der Waals surface area contributed by atoms with Crippen LogP contribution in [0.1, 0.15) is 38.3 Å². The molecule has 0 spiro atoms. The van der Waals surface area contributed by atoms with Gasteiger partial charge in [-0.25, -0.2) is 13.1 Å². The molecule has 0 saturated heterocycles. The monoisotopic (exact) mass is 284 g/mol. The van der Waals surface area contributed by atoms with Crippen molar-refractivity contribution >= 4 is 15.7 Å². The number of nitrogens with two attached hydrogens (primary N) is 1. The lowest BCUT2D eigenvalue weighted by Gasteiger charge is -2.19. The number of hydrogen-bond donors (Lipinski definition) is 2. The lowest BCUT2D eigenvalue weighted by molar-refractivity contribution is 0.378. The quantitative estimate of drug-likeness (QED) is 0.835. The second-order valence-corrected chi connectivity index (χ2v) is 7.90. The Morgan fingerprint density at radius 1 is 1.16 bits per heavy atom. The van der Waals surface area contributed by atoms with Crippen molar-refractivity contribution in [2.75, 3.05) is 12.3 Å². The van der Waals surface area contributed by atoms with Gasteiger partial charge in [0, 0.05) is 12.2 Å². The first-order valence-corrected chi connectivity index (χ1v) is 7.88. The first-order valence-electron chi connectivity index (χ1n) is 6.39. The van der Waals surface area contributed by atoms with Crippen molar-refractivity contribution in [3.05, 3.63) is 23.3 Å². The molecule has 0 fully saturated rings. The van der Waals surface area contributed by atoms with E-state index in [9.17, 15) is 8.42 Å². The number of nitrogens with one attached hydrogen (secondary N) is 1. The molecule has 0 aliphatic heterocycles. The molecule has 0 atom stereocenters. The summed E-state index contributed by atoms with van der Waals surface area (Å²) >= 11 is 0. The zero-order valence-electron chi connectivity index (χ0n) is 12.4. The molecular formula is C14H24N2O2S. The molecule has 1 rings (SSSR count). The van der Waals surface area contributed by atoms with E-state index in [1.54, 1.807) is 26.0 Å². The molecule has 0 amide bonds. The van der Waals surface area contributed by atoms with Crippen LogP contribution < -0.4 is 10.5 Å². The van der Waals surface area contributed by atoms with E-state index in [1.807, 2.05) is 0 Å². The van der Waals surface area contributed by atoms with Crippen LogP contribution in [0.15, 0.2) is 17.0 Å². The smallest absolute Gasteiger partial charge is 0.241 e. The summed E-state index contributed by atoms with van der Waals surface area (Å²) < 4.78 is 27.3. The highest BCUT2D eigenvalue weighted by Crippen LogP contribution is 2.23. The lowest BCUT2D eigenvalue weighted by Crippen LogP contribution is -2.28. The number of rotatable bonds is 4. The molecule has 0 aliphatic rings. The van der Waals surface area contributed by atoms with Gasteiger partial charge in [0.15, 0.2) is 0 Å². The molecule has 108 valence electrons. The predicted molar refractivity (Wildman–Crippen MR) is 79.6 cm³/mol. The SMILES string of the molecule is Cc1cc(N)cc(C)c1S(=O)(=O)NCCC(C)(C)C. The summed E-state index contributed by atoms with van der Waals surface area (Å²) in [5, 5.41) is 0. The third-order valence-corrected chi connectivity index (χ3v) is 4.68. The molecule has 19 heavy (non-hydrogen) atoms. The Bertz CT molecular complexity index is 534. The molecular weight excluding hydrogens is 260 g/mol. The van der Waals surface area contributed by atoms with Crippen LogP contribution >= 0.6 is 0 Å². The fraction of sp³-hybridized carbons (Fsp3) is 0.571. The fourth-order valence-electron chi connectivity index (χ4n) is 2.04. The van der Waals surface area contributed by atoms with Crippen molar-refractivity contribution < 1.29 is 8.42 Å². The molecule has 0 heterocycles. The van der Waals surface area contributed by atoms with Crippen molar-refractivity contribution in [3.8, 4) is 0 Å². The van der Waals surface area contributed by atoms with Gasteiger partial charge < -0.3 is 5.73 Å². The Labute approximate surface area is 116 Å². The van der Waals surface area contributed by atoms with Gasteiger partial charge in [-0.1, -0.05) is 20.8 Å². The first-order chi connectivity index (χ1) is 8.53. The van der Waals surface area contributed by atoms with Crippen molar-refractivity contribution in [2.45, 2.75) is 45.9 Å². The largest absolute Gasteiger partial charge is 0.399 e. The van der Waals surface area contributed by atoms with E-state index < -0.39 is 10.0 Å². The van der Waals surface area contributed by atoms with Crippen LogP contribution in [0.3, 0.4) is 0 Å².